The highest BCUT2D eigenvalue weighted by atomic mass is 19.4. The van der Waals surface area contributed by atoms with E-state index in [1.54, 1.807) is 0 Å². The number of aliphatic hydroxyl groups is 1. The van der Waals surface area contributed by atoms with E-state index < -0.39 is 23.5 Å². The van der Waals surface area contributed by atoms with Crippen molar-refractivity contribution < 1.29 is 23.1 Å². The van der Waals surface area contributed by atoms with Gasteiger partial charge in [0.1, 0.15) is 0 Å². The molecule has 0 aromatic rings. The number of ketones is 1. The Morgan fingerprint density at radius 2 is 1.67 bits per heavy atom. The first-order valence-corrected chi connectivity index (χ1v) is 3.44. The van der Waals surface area contributed by atoms with Crippen molar-refractivity contribution in [3.05, 3.63) is 0 Å². The SMILES string of the molecule is CC(=O)C(O)(C(C)C)C(F)(F)F. The Hall–Kier alpha value is -0.580. The maximum absolute atomic E-state index is 12.1. The van der Waals surface area contributed by atoms with Gasteiger partial charge in [0.2, 0.25) is 5.60 Å². The number of rotatable bonds is 2. The monoisotopic (exact) mass is 184 g/mol. The summed E-state index contributed by atoms with van der Waals surface area (Å²) in [6, 6.07) is 0. The second kappa shape index (κ2) is 3.05. The lowest BCUT2D eigenvalue weighted by Gasteiger charge is -2.31. The van der Waals surface area contributed by atoms with Crippen LogP contribution in [0.2, 0.25) is 0 Å². The van der Waals surface area contributed by atoms with E-state index in [2.05, 4.69) is 0 Å². The fraction of sp³-hybridized carbons (Fsp3) is 0.857. The van der Waals surface area contributed by atoms with Gasteiger partial charge in [-0.2, -0.15) is 13.2 Å². The Balaban J connectivity index is 5.02. The van der Waals surface area contributed by atoms with Gasteiger partial charge >= 0.3 is 6.18 Å². The molecule has 2 nitrogen and oxygen atoms in total. The van der Waals surface area contributed by atoms with Gasteiger partial charge in [-0.25, -0.2) is 0 Å². The molecule has 1 N–H and O–H groups in total. The molecule has 0 radical (unpaired) electrons. The summed E-state index contributed by atoms with van der Waals surface area (Å²) in [7, 11) is 0. The van der Waals surface area contributed by atoms with E-state index in [1.807, 2.05) is 0 Å². The molecule has 0 saturated carbocycles. The fourth-order valence-corrected chi connectivity index (χ4v) is 0.933. The molecule has 0 aliphatic heterocycles. The Bertz CT molecular complexity index is 186. The minimum atomic E-state index is -4.90. The van der Waals surface area contributed by atoms with E-state index in [-0.39, 0.29) is 0 Å². The predicted octanol–water partition coefficient (Wildman–Crippen LogP) is 1.52. The second-order valence-corrected chi connectivity index (χ2v) is 2.98. The first kappa shape index (κ1) is 11.4. The molecular weight excluding hydrogens is 173 g/mol. The summed E-state index contributed by atoms with van der Waals surface area (Å²) in [6.45, 7) is 3.03. The quantitative estimate of drug-likeness (QED) is 0.706. The largest absolute Gasteiger partial charge is 0.424 e. The van der Waals surface area contributed by atoms with E-state index >= 15 is 0 Å². The summed E-state index contributed by atoms with van der Waals surface area (Å²) in [5, 5.41) is 9.03. The van der Waals surface area contributed by atoms with E-state index in [9.17, 15) is 18.0 Å². The zero-order valence-electron chi connectivity index (χ0n) is 7.07. The van der Waals surface area contributed by atoms with Crippen LogP contribution in [-0.2, 0) is 4.79 Å². The van der Waals surface area contributed by atoms with Gasteiger partial charge in [-0.05, 0) is 12.8 Å². The molecule has 0 aliphatic rings. The average Bonchev–Trinajstić information content (AvgIpc) is 1.82. The van der Waals surface area contributed by atoms with Crippen molar-refractivity contribution in [1.82, 2.24) is 0 Å². The third kappa shape index (κ3) is 1.60. The van der Waals surface area contributed by atoms with Crippen LogP contribution < -0.4 is 0 Å². The van der Waals surface area contributed by atoms with Gasteiger partial charge in [0.25, 0.3) is 0 Å². The van der Waals surface area contributed by atoms with E-state index in [0.29, 0.717) is 0 Å². The molecule has 0 heterocycles. The maximum atomic E-state index is 12.1. The standard InChI is InChI=1S/C7H11F3O2/c1-4(2)6(12,5(3)11)7(8,9)10/h4,12H,1-3H3. The smallest absolute Gasteiger partial charge is 0.374 e. The molecule has 0 fully saturated rings. The van der Waals surface area contributed by atoms with Crippen LogP contribution in [0.3, 0.4) is 0 Å². The predicted molar refractivity (Wildman–Crippen MR) is 36.5 cm³/mol. The summed E-state index contributed by atoms with van der Waals surface area (Å²) < 4.78 is 36.4. The normalized spacial score (nSPS) is 17.7. The van der Waals surface area contributed by atoms with E-state index in [0.717, 1.165) is 20.8 Å². The summed E-state index contributed by atoms with van der Waals surface area (Å²) in [5.41, 5.74) is -3.20. The molecule has 0 aromatic heterocycles. The molecule has 0 spiro atoms. The van der Waals surface area contributed by atoms with Gasteiger partial charge in [0.15, 0.2) is 5.78 Å². The van der Waals surface area contributed by atoms with Crippen LogP contribution in [0.25, 0.3) is 0 Å². The zero-order chi connectivity index (χ0) is 10.2. The van der Waals surface area contributed by atoms with Crippen molar-refractivity contribution in [2.75, 3.05) is 0 Å². The van der Waals surface area contributed by atoms with Crippen LogP contribution in [0.1, 0.15) is 20.8 Å². The fourth-order valence-electron chi connectivity index (χ4n) is 0.933. The minimum Gasteiger partial charge on any atom is -0.374 e. The van der Waals surface area contributed by atoms with E-state index in [1.165, 1.54) is 0 Å². The topological polar surface area (TPSA) is 37.3 Å². The number of Topliss-reactive ketones (excluding diaryl/α,β-unsaturated/α-hetero) is 1. The highest BCUT2D eigenvalue weighted by molar-refractivity contribution is 5.85. The number of carbonyl (C=O) groups excluding carboxylic acids is 1. The first-order chi connectivity index (χ1) is 5.14. The van der Waals surface area contributed by atoms with Gasteiger partial charge < -0.3 is 5.11 Å². The van der Waals surface area contributed by atoms with E-state index in [4.69, 9.17) is 5.11 Å². The highest BCUT2D eigenvalue weighted by Crippen LogP contribution is 2.36. The highest BCUT2D eigenvalue weighted by Gasteiger charge is 2.59. The lowest BCUT2D eigenvalue weighted by Crippen LogP contribution is -2.55. The van der Waals surface area contributed by atoms with Crippen LogP contribution in [0, 0.1) is 5.92 Å². The van der Waals surface area contributed by atoms with Crippen molar-refractivity contribution in [2.45, 2.75) is 32.5 Å². The molecule has 0 aromatic carbocycles. The van der Waals surface area contributed by atoms with Crippen LogP contribution in [-0.4, -0.2) is 22.7 Å². The second-order valence-electron chi connectivity index (χ2n) is 2.98. The van der Waals surface area contributed by atoms with Gasteiger partial charge in [-0.3, -0.25) is 4.79 Å². The van der Waals surface area contributed by atoms with Crippen molar-refractivity contribution in [2.24, 2.45) is 5.92 Å². The van der Waals surface area contributed by atoms with Gasteiger partial charge in [0, 0.05) is 0 Å². The molecule has 0 saturated heterocycles. The molecule has 1 unspecified atom stereocenters. The summed E-state index contributed by atoms with van der Waals surface area (Å²) in [4.78, 5) is 10.6. The molecule has 5 heteroatoms. The van der Waals surface area contributed by atoms with Crippen LogP contribution in [0.5, 0.6) is 0 Å². The number of alkyl halides is 3. The Labute approximate surface area is 68.4 Å². The first-order valence-electron chi connectivity index (χ1n) is 3.44. The van der Waals surface area contributed by atoms with Crippen LogP contribution in [0.15, 0.2) is 0 Å². The summed E-state index contributed by atoms with van der Waals surface area (Å²) in [5.74, 6) is -2.44. The number of hydrogen-bond acceptors (Lipinski definition) is 2. The Kier molecular flexibility index (Phi) is 2.90. The zero-order valence-corrected chi connectivity index (χ0v) is 7.07. The molecule has 0 aliphatic carbocycles. The number of hydrogen-bond donors (Lipinski definition) is 1. The molecule has 1 atom stereocenters. The van der Waals surface area contributed by atoms with Crippen molar-refractivity contribution in [3.8, 4) is 0 Å². The number of halogens is 3. The molecular formula is C7H11F3O2. The third-order valence-electron chi connectivity index (χ3n) is 1.80. The molecule has 72 valence electrons. The minimum absolute atomic E-state index is 0.730. The molecule has 0 amide bonds. The average molecular weight is 184 g/mol. The third-order valence-corrected chi connectivity index (χ3v) is 1.80. The number of carbonyl (C=O) groups is 1. The summed E-state index contributed by atoms with van der Waals surface area (Å²) in [6.07, 6.45) is -4.90. The van der Waals surface area contributed by atoms with Gasteiger partial charge in [-0.15, -0.1) is 0 Å². The molecule has 0 bridgehead atoms. The van der Waals surface area contributed by atoms with Crippen molar-refractivity contribution in [1.29, 1.82) is 0 Å². The van der Waals surface area contributed by atoms with Gasteiger partial charge in [-0.1, -0.05) is 13.8 Å². The van der Waals surface area contributed by atoms with Crippen molar-refractivity contribution in [3.63, 3.8) is 0 Å². The lowest BCUT2D eigenvalue weighted by molar-refractivity contribution is -0.262. The maximum Gasteiger partial charge on any atom is 0.424 e. The molecule has 12 heavy (non-hydrogen) atoms. The Morgan fingerprint density at radius 3 is 1.67 bits per heavy atom. The van der Waals surface area contributed by atoms with Gasteiger partial charge in [0.05, 0.1) is 0 Å². The van der Waals surface area contributed by atoms with Crippen LogP contribution >= 0.6 is 0 Å². The summed E-state index contributed by atoms with van der Waals surface area (Å²) >= 11 is 0. The lowest BCUT2D eigenvalue weighted by atomic mass is 9.86. The Morgan fingerprint density at radius 1 is 1.33 bits per heavy atom. The van der Waals surface area contributed by atoms with Crippen molar-refractivity contribution >= 4 is 5.78 Å². The van der Waals surface area contributed by atoms with Crippen LogP contribution in [0.4, 0.5) is 13.2 Å². The molecule has 0 rings (SSSR count).